The van der Waals surface area contributed by atoms with Crippen molar-refractivity contribution < 1.29 is 13.2 Å². The third-order valence-electron chi connectivity index (χ3n) is 3.99. The molecule has 0 spiro atoms. The van der Waals surface area contributed by atoms with Gasteiger partial charge < -0.3 is 5.32 Å². The van der Waals surface area contributed by atoms with Gasteiger partial charge >= 0.3 is 0 Å². The Morgan fingerprint density at radius 3 is 2.91 bits per heavy atom. The summed E-state index contributed by atoms with van der Waals surface area (Å²) in [5.74, 6) is 0.586. The molecule has 1 amide bonds. The zero-order valence-electron chi connectivity index (χ0n) is 12.7. The lowest BCUT2D eigenvalue weighted by Crippen LogP contribution is -2.24. The fraction of sp³-hybridized carbons (Fsp3) is 0.400. The summed E-state index contributed by atoms with van der Waals surface area (Å²) in [6.07, 6.45) is 3.12. The molecule has 1 atom stereocenters. The van der Waals surface area contributed by atoms with Crippen molar-refractivity contribution in [3.63, 3.8) is 0 Å². The molecule has 1 aliphatic carbocycles. The first kappa shape index (κ1) is 16.6. The highest BCUT2D eigenvalue weighted by molar-refractivity contribution is 7.91. The number of rotatable bonds is 4. The van der Waals surface area contributed by atoms with Crippen LogP contribution in [0.4, 0.5) is 0 Å². The zero-order valence-corrected chi connectivity index (χ0v) is 15.1. The predicted octanol–water partition coefficient (Wildman–Crippen LogP) is 2.51. The van der Waals surface area contributed by atoms with E-state index >= 15 is 0 Å². The molecule has 0 aliphatic heterocycles. The molecule has 0 saturated heterocycles. The van der Waals surface area contributed by atoms with E-state index in [1.165, 1.54) is 16.5 Å². The fourth-order valence-electron chi connectivity index (χ4n) is 2.74. The number of carbonyl (C=O) groups is 1. The van der Waals surface area contributed by atoms with E-state index in [9.17, 15) is 13.2 Å². The van der Waals surface area contributed by atoms with Crippen LogP contribution < -0.4 is 10.5 Å². The summed E-state index contributed by atoms with van der Waals surface area (Å²) in [5.41, 5.74) is 1.95. The van der Waals surface area contributed by atoms with Crippen molar-refractivity contribution in [2.24, 2.45) is 11.1 Å². The fourth-order valence-corrected chi connectivity index (χ4v) is 5.70. The second-order valence-electron chi connectivity index (χ2n) is 5.85. The smallest absolute Gasteiger partial charge is 0.252 e. The minimum Gasteiger partial charge on any atom is -0.347 e. The molecule has 124 valence electrons. The molecular weight excluding hydrogens is 352 g/mol. The summed E-state index contributed by atoms with van der Waals surface area (Å²) >= 11 is 2.74. The van der Waals surface area contributed by atoms with Crippen molar-refractivity contribution >= 4 is 38.6 Å². The SMILES string of the molecule is CC1CCc2c(C(=O)NCc3ccc(S(N)(=O)=O)s3)csc2C1. The molecule has 3 N–H and O–H groups in total. The van der Waals surface area contributed by atoms with Crippen molar-refractivity contribution in [2.45, 2.75) is 36.9 Å². The van der Waals surface area contributed by atoms with Crippen LogP contribution in [0.1, 0.15) is 39.0 Å². The number of hydrogen-bond donors (Lipinski definition) is 2. The molecule has 0 bridgehead atoms. The number of nitrogens with two attached hydrogens (primary N) is 1. The molecule has 0 fully saturated rings. The van der Waals surface area contributed by atoms with Crippen LogP contribution in [0.5, 0.6) is 0 Å². The van der Waals surface area contributed by atoms with Crippen LogP contribution in [0.25, 0.3) is 0 Å². The Bertz CT molecular complexity index is 836. The normalized spacial score (nSPS) is 17.7. The molecule has 0 aromatic carbocycles. The first-order valence-electron chi connectivity index (χ1n) is 7.33. The quantitative estimate of drug-likeness (QED) is 0.866. The molecule has 5 nitrogen and oxygen atoms in total. The Morgan fingerprint density at radius 1 is 1.43 bits per heavy atom. The minimum absolute atomic E-state index is 0.0948. The van der Waals surface area contributed by atoms with Crippen LogP contribution in [0.15, 0.2) is 21.7 Å². The van der Waals surface area contributed by atoms with E-state index in [1.54, 1.807) is 17.4 Å². The number of fused-ring (bicyclic) bond motifs is 1. The molecule has 2 heterocycles. The van der Waals surface area contributed by atoms with Crippen molar-refractivity contribution in [3.05, 3.63) is 38.4 Å². The van der Waals surface area contributed by atoms with Gasteiger partial charge in [0.2, 0.25) is 10.0 Å². The Labute approximate surface area is 143 Å². The average molecular weight is 371 g/mol. The van der Waals surface area contributed by atoms with Crippen molar-refractivity contribution in [2.75, 3.05) is 0 Å². The summed E-state index contributed by atoms with van der Waals surface area (Å²) in [7, 11) is -3.67. The maximum Gasteiger partial charge on any atom is 0.252 e. The Morgan fingerprint density at radius 2 is 2.22 bits per heavy atom. The van der Waals surface area contributed by atoms with Gasteiger partial charge in [-0.05, 0) is 42.9 Å². The molecular formula is C15H18N2O3S3. The lowest BCUT2D eigenvalue weighted by Gasteiger charge is -2.18. The summed E-state index contributed by atoms with van der Waals surface area (Å²) in [6, 6.07) is 3.14. The summed E-state index contributed by atoms with van der Waals surface area (Å²) < 4.78 is 22.6. The number of thiophene rings is 2. The minimum atomic E-state index is -3.67. The number of amides is 1. The van der Waals surface area contributed by atoms with E-state index in [-0.39, 0.29) is 10.1 Å². The van der Waals surface area contributed by atoms with Gasteiger partial charge in [0.15, 0.2) is 0 Å². The molecule has 23 heavy (non-hydrogen) atoms. The summed E-state index contributed by atoms with van der Waals surface area (Å²) in [5, 5.41) is 9.89. The van der Waals surface area contributed by atoms with Crippen LogP contribution in [0, 0.1) is 5.92 Å². The molecule has 8 heteroatoms. The monoisotopic (exact) mass is 370 g/mol. The third kappa shape index (κ3) is 3.65. The van der Waals surface area contributed by atoms with E-state index in [2.05, 4.69) is 12.2 Å². The van der Waals surface area contributed by atoms with E-state index in [1.807, 2.05) is 5.38 Å². The standard InChI is InChI=1S/C15H18N2O3S3/c1-9-2-4-11-12(8-21-13(11)6-9)15(18)17-7-10-3-5-14(22-10)23(16,19)20/h3,5,8-9H,2,4,6-7H2,1H3,(H,17,18)(H2,16,19,20). The second kappa shape index (κ2) is 6.35. The largest absolute Gasteiger partial charge is 0.347 e. The average Bonchev–Trinajstić information content (AvgIpc) is 3.10. The molecule has 1 aliphatic rings. The van der Waals surface area contributed by atoms with Gasteiger partial charge in [0.25, 0.3) is 5.91 Å². The highest BCUT2D eigenvalue weighted by atomic mass is 32.2. The first-order chi connectivity index (χ1) is 10.8. The van der Waals surface area contributed by atoms with E-state index in [4.69, 9.17) is 5.14 Å². The van der Waals surface area contributed by atoms with Crippen molar-refractivity contribution in [1.82, 2.24) is 5.32 Å². The van der Waals surface area contributed by atoms with Crippen LogP contribution in [-0.4, -0.2) is 14.3 Å². The van der Waals surface area contributed by atoms with Crippen LogP contribution in [0.2, 0.25) is 0 Å². The second-order valence-corrected chi connectivity index (χ2v) is 9.77. The number of primary sulfonamides is 1. The maximum absolute atomic E-state index is 12.4. The number of sulfonamides is 1. The van der Waals surface area contributed by atoms with Gasteiger partial charge in [-0.2, -0.15) is 0 Å². The lowest BCUT2D eigenvalue weighted by molar-refractivity contribution is 0.0950. The van der Waals surface area contributed by atoms with Crippen molar-refractivity contribution in [1.29, 1.82) is 0 Å². The zero-order chi connectivity index (χ0) is 16.6. The van der Waals surface area contributed by atoms with Gasteiger partial charge in [0.05, 0.1) is 12.1 Å². The van der Waals surface area contributed by atoms with Gasteiger partial charge in [-0.15, -0.1) is 22.7 Å². The number of nitrogens with one attached hydrogen (secondary N) is 1. The third-order valence-corrected chi connectivity index (χ3v) is 7.56. The van der Waals surface area contributed by atoms with Crippen molar-refractivity contribution in [3.8, 4) is 0 Å². The highest BCUT2D eigenvalue weighted by Gasteiger charge is 2.23. The highest BCUT2D eigenvalue weighted by Crippen LogP contribution is 2.32. The summed E-state index contributed by atoms with van der Waals surface area (Å²) in [6.45, 7) is 2.54. The molecule has 1 unspecified atom stereocenters. The maximum atomic E-state index is 12.4. The van der Waals surface area contributed by atoms with Gasteiger partial charge in [-0.3, -0.25) is 4.79 Å². The predicted molar refractivity (Wildman–Crippen MR) is 92.4 cm³/mol. The van der Waals surface area contributed by atoms with Crippen LogP contribution in [-0.2, 0) is 29.4 Å². The number of carbonyl (C=O) groups excluding carboxylic acids is 1. The van der Waals surface area contributed by atoms with E-state index in [0.29, 0.717) is 12.5 Å². The number of hydrogen-bond acceptors (Lipinski definition) is 5. The first-order valence-corrected chi connectivity index (χ1v) is 10.6. The van der Waals surface area contributed by atoms with Gasteiger partial charge in [-0.25, -0.2) is 13.6 Å². The Balaban J connectivity index is 1.68. The van der Waals surface area contributed by atoms with Crippen LogP contribution in [0.3, 0.4) is 0 Å². The molecule has 0 radical (unpaired) electrons. The Kier molecular flexibility index (Phi) is 4.59. The Hall–Kier alpha value is -1.22. The van der Waals surface area contributed by atoms with E-state index in [0.717, 1.165) is 41.0 Å². The van der Waals surface area contributed by atoms with Gasteiger partial charge in [-0.1, -0.05) is 6.92 Å². The lowest BCUT2D eigenvalue weighted by atomic mass is 9.88. The molecule has 2 aromatic rings. The van der Waals surface area contributed by atoms with Crippen LogP contribution >= 0.6 is 22.7 Å². The van der Waals surface area contributed by atoms with E-state index < -0.39 is 10.0 Å². The molecule has 0 saturated carbocycles. The molecule has 2 aromatic heterocycles. The topological polar surface area (TPSA) is 89.3 Å². The van der Waals surface area contributed by atoms with Gasteiger partial charge in [0, 0.05) is 15.1 Å². The molecule has 3 rings (SSSR count). The van der Waals surface area contributed by atoms with Gasteiger partial charge in [0.1, 0.15) is 4.21 Å². The summed E-state index contributed by atoms with van der Waals surface area (Å²) in [4.78, 5) is 14.5.